The number of fused-ring (bicyclic) bond motifs is 3. The molecule has 9 nitrogen and oxygen atoms in total. The van der Waals surface area contributed by atoms with Crippen LogP contribution in [0.4, 0.5) is 0 Å². The van der Waals surface area contributed by atoms with Crippen LogP contribution >= 0.6 is 0 Å². The molecule has 0 N–H and O–H groups in total. The van der Waals surface area contributed by atoms with Crippen molar-refractivity contribution in [3.05, 3.63) is 74.2 Å². The Kier molecular flexibility index (Phi) is 5.12. The van der Waals surface area contributed by atoms with Crippen LogP contribution in [0.2, 0.25) is 0 Å². The van der Waals surface area contributed by atoms with Gasteiger partial charge in [-0.25, -0.2) is 9.59 Å². The fourth-order valence-electron chi connectivity index (χ4n) is 3.93. The Balaban J connectivity index is 2.01. The minimum absolute atomic E-state index is 0.142. The van der Waals surface area contributed by atoms with E-state index in [1.807, 2.05) is 18.4 Å². The lowest BCUT2D eigenvalue weighted by Gasteiger charge is -2.09. The van der Waals surface area contributed by atoms with Crippen LogP contribution in [0.15, 0.2) is 46.0 Å². The summed E-state index contributed by atoms with van der Waals surface area (Å²) in [6, 6.07) is 6.99. The molecule has 32 heavy (non-hydrogen) atoms. The van der Waals surface area contributed by atoms with Gasteiger partial charge in [0.15, 0.2) is 11.2 Å². The van der Waals surface area contributed by atoms with E-state index < -0.39 is 11.2 Å². The van der Waals surface area contributed by atoms with Crippen LogP contribution in [-0.2, 0) is 18.3 Å². The number of esters is 1. The Hall–Kier alpha value is -3.88. The quantitative estimate of drug-likeness (QED) is 0.355. The van der Waals surface area contributed by atoms with Crippen LogP contribution in [0.3, 0.4) is 0 Å². The number of benzene rings is 1. The first-order chi connectivity index (χ1) is 15.2. The largest absolute Gasteiger partial charge is 0.462 e. The molecule has 0 saturated carbocycles. The van der Waals surface area contributed by atoms with Gasteiger partial charge >= 0.3 is 11.7 Å². The summed E-state index contributed by atoms with van der Waals surface area (Å²) >= 11 is 0. The minimum Gasteiger partial charge on any atom is -0.462 e. The third kappa shape index (κ3) is 3.08. The molecule has 0 aliphatic rings. The zero-order valence-corrected chi connectivity index (χ0v) is 18.8. The lowest BCUT2D eigenvalue weighted by molar-refractivity contribution is 0.0526. The summed E-state index contributed by atoms with van der Waals surface area (Å²) < 4.78 is 11.3. The van der Waals surface area contributed by atoms with Crippen LogP contribution in [0.5, 0.6) is 0 Å². The first-order valence-corrected chi connectivity index (χ1v) is 10.3. The van der Waals surface area contributed by atoms with Gasteiger partial charge in [0.2, 0.25) is 5.78 Å². The van der Waals surface area contributed by atoms with E-state index >= 15 is 0 Å². The van der Waals surface area contributed by atoms with Crippen molar-refractivity contribution in [2.45, 2.75) is 34.2 Å². The number of ether oxygens (including phenoxy) is 1. The second kappa shape index (κ2) is 7.67. The van der Waals surface area contributed by atoms with Crippen molar-refractivity contribution >= 4 is 22.9 Å². The molecule has 0 amide bonds. The molecule has 0 radical (unpaired) electrons. The number of aryl methyl sites for hydroxylation is 2. The van der Waals surface area contributed by atoms with Crippen molar-refractivity contribution in [1.29, 1.82) is 0 Å². The summed E-state index contributed by atoms with van der Waals surface area (Å²) in [5.74, 6) is 0.128. The number of carbonyl (C=O) groups is 1. The predicted molar refractivity (Wildman–Crippen MR) is 122 cm³/mol. The highest BCUT2D eigenvalue weighted by Gasteiger charge is 2.23. The van der Waals surface area contributed by atoms with Crippen LogP contribution in [0.25, 0.3) is 22.6 Å². The third-order valence-electron chi connectivity index (χ3n) is 5.58. The van der Waals surface area contributed by atoms with Crippen molar-refractivity contribution in [1.82, 2.24) is 23.1 Å². The van der Waals surface area contributed by atoms with E-state index in [1.54, 1.807) is 49.6 Å². The highest BCUT2D eigenvalue weighted by atomic mass is 16.5. The van der Waals surface area contributed by atoms with Gasteiger partial charge in [-0.1, -0.05) is 12.2 Å². The summed E-state index contributed by atoms with van der Waals surface area (Å²) in [5.41, 5.74) is 3.45. The standard InChI is InChI=1S/C23H25N5O4/c1-7-32-21(30)16-8-10-17(11-9-16)27-14(4)15(5)28-18-19(24-22(27)28)25(6)23(31)26(20(18)29)12-13(2)3/h8-11H,2,7,12H2,1,3-6H3. The molecule has 0 unspecified atom stereocenters. The highest BCUT2D eigenvalue weighted by Crippen LogP contribution is 2.25. The average Bonchev–Trinajstić information content (AvgIpc) is 3.25. The van der Waals surface area contributed by atoms with Crippen LogP contribution in [-0.4, -0.2) is 35.7 Å². The first-order valence-electron chi connectivity index (χ1n) is 10.3. The highest BCUT2D eigenvalue weighted by molar-refractivity contribution is 5.89. The summed E-state index contributed by atoms with van der Waals surface area (Å²) in [5, 5.41) is 0. The Morgan fingerprint density at radius 1 is 1.12 bits per heavy atom. The Labute approximate surface area is 183 Å². The molecule has 0 saturated heterocycles. The fourth-order valence-corrected chi connectivity index (χ4v) is 3.93. The number of rotatable bonds is 5. The number of carbonyl (C=O) groups excluding carboxylic acids is 1. The molecule has 0 aliphatic carbocycles. The van der Waals surface area contributed by atoms with Gasteiger partial charge < -0.3 is 4.74 Å². The zero-order chi connectivity index (χ0) is 23.3. The maximum atomic E-state index is 13.3. The fraction of sp³-hybridized carbons (Fsp3) is 0.304. The Morgan fingerprint density at radius 3 is 2.38 bits per heavy atom. The maximum absolute atomic E-state index is 13.3. The maximum Gasteiger partial charge on any atom is 0.338 e. The molecule has 0 aliphatic heterocycles. The average molecular weight is 435 g/mol. The summed E-state index contributed by atoms with van der Waals surface area (Å²) in [6.07, 6.45) is 0. The third-order valence-corrected chi connectivity index (χ3v) is 5.58. The van der Waals surface area contributed by atoms with E-state index in [9.17, 15) is 14.4 Å². The molecule has 4 aromatic rings. The zero-order valence-electron chi connectivity index (χ0n) is 18.8. The number of nitrogens with zero attached hydrogens (tertiary/aromatic N) is 5. The molecule has 9 heteroatoms. The molecule has 3 heterocycles. The second-order valence-corrected chi connectivity index (χ2v) is 7.88. The van der Waals surface area contributed by atoms with Crippen molar-refractivity contribution in [3.8, 4) is 5.69 Å². The topological polar surface area (TPSA) is 92.5 Å². The molecule has 3 aromatic heterocycles. The predicted octanol–water partition coefficient (Wildman–Crippen LogP) is 2.51. The molecule has 1 aromatic carbocycles. The van der Waals surface area contributed by atoms with E-state index in [0.717, 1.165) is 17.1 Å². The molecule has 166 valence electrons. The summed E-state index contributed by atoms with van der Waals surface area (Å²) in [6.45, 7) is 11.6. The van der Waals surface area contributed by atoms with Gasteiger partial charge in [-0.3, -0.25) is 22.9 Å². The lowest BCUT2D eigenvalue weighted by Crippen LogP contribution is -2.39. The lowest BCUT2D eigenvalue weighted by atomic mass is 10.2. The van der Waals surface area contributed by atoms with Gasteiger partial charge in [-0.2, -0.15) is 4.98 Å². The molecular formula is C23H25N5O4. The van der Waals surface area contributed by atoms with Gasteiger partial charge in [0.05, 0.1) is 18.7 Å². The van der Waals surface area contributed by atoms with Crippen LogP contribution < -0.4 is 11.2 Å². The van der Waals surface area contributed by atoms with E-state index in [-0.39, 0.29) is 12.5 Å². The number of imidazole rings is 2. The molecule has 0 atom stereocenters. The first kappa shape index (κ1) is 21.4. The van der Waals surface area contributed by atoms with E-state index in [4.69, 9.17) is 4.74 Å². The number of aromatic nitrogens is 5. The normalized spacial score (nSPS) is 11.4. The van der Waals surface area contributed by atoms with Crippen LogP contribution in [0.1, 0.15) is 35.6 Å². The second-order valence-electron chi connectivity index (χ2n) is 7.88. The van der Waals surface area contributed by atoms with Crippen molar-refractivity contribution in [2.75, 3.05) is 6.61 Å². The number of hydrogen-bond donors (Lipinski definition) is 0. The van der Waals surface area contributed by atoms with E-state index in [2.05, 4.69) is 11.6 Å². The number of hydrogen-bond acceptors (Lipinski definition) is 5. The van der Waals surface area contributed by atoms with E-state index in [1.165, 1.54) is 9.13 Å². The minimum atomic E-state index is -0.439. The van der Waals surface area contributed by atoms with Crippen molar-refractivity contribution in [3.63, 3.8) is 0 Å². The summed E-state index contributed by atoms with van der Waals surface area (Å²) in [7, 11) is 1.60. The summed E-state index contributed by atoms with van der Waals surface area (Å²) in [4.78, 5) is 42.7. The van der Waals surface area contributed by atoms with Gasteiger partial charge in [-0.05, 0) is 52.0 Å². The van der Waals surface area contributed by atoms with Gasteiger partial charge in [0.1, 0.15) is 0 Å². The Bertz CT molecular complexity index is 1510. The van der Waals surface area contributed by atoms with Gasteiger partial charge in [-0.15, -0.1) is 0 Å². The van der Waals surface area contributed by atoms with Crippen molar-refractivity contribution in [2.24, 2.45) is 7.05 Å². The van der Waals surface area contributed by atoms with Gasteiger partial charge in [0.25, 0.3) is 5.56 Å². The Morgan fingerprint density at radius 2 is 1.78 bits per heavy atom. The smallest absolute Gasteiger partial charge is 0.338 e. The molecule has 0 bridgehead atoms. The SMILES string of the molecule is C=C(C)Cn1c(=O)c2c(nc3n(-c4ccc(C(=O)OCC)cc4)c(C)c(C)n23)n(C)c1=O. The molecule has 4 rings (SSSR count). The number of allylic oxidation sites excluding steroid dienone is 1. The molecular weight excluding hydrogens is 410 g/mol. The van der Waals surface area contributed by atoms with Crippen LogP contribution in [0, 0.1) is 13.8 Å². The molecule has 0 spiro atoms. The monoisotopic (exact) mass is 435 g/mol. The van der Waals surface area contributed by atoms with E-state index in [0.29, 0.717) is 34.7 Å². The molecule has 0 fully saturated rings. The van der Waals surface area contributed by atoms with Crippen molar-refractivity contribution < 1.29 is 9.53 Å². The van der Waals surface area contributed by atoms with Gasteiger partial charge in [0, 0.05) is 24.1 Å².